The van der Waals surface area contributed by atoms with Gasteiger partial charge in [-0.1, -0.05) is 19.3 Å². The Bertz CT molecular complexity index is 533. The van der Waals surface area contributed by atoms with Crippen molar-refractivity contribution in [3.8, 4) is 0 Å². The van der Waals surface area contributed by atoms with Crippen molar-refractivity contribution in [3.63, 3.8) is 0 Å². The average molecular weight is 318 g/mol. The molecule has 0 aromatic carbocycles. The van der Waals surface area contributed by atoms with Crippen LogP contribution in [0, 0.1) is 0 Å². The van der Waals surface area contributed by atoms with E-state index < -0.39 is 5.79 Å². The van der Waals surface area contributed by atoms with Crippen LogP contribution in [0.2, 0.25) is 0 Å². The van der Waals surface area contributed by atoms with Crippen molar-refractivity contribution in [2.24, 2.45) is 0 Å². The SMILES string of the molecule is O=C(N1CCC2(CC1)OCCO2)C1(n2cccc2)CCCCC1. The summed E-state index contributed by atoms with van der Waals surface area (Å²) in [5.74, 6) is -0.120. The molecule has 3 heterocycles. The standard InChI is InChI=1S/C18H26N2O3/c21-16(19-12-8-18(9-13-19)22-14-15-23-18)17(6-2-1-3-7-17)20-10-4-5-11-20/h4-5,10-11H,1-3,6-9,12-15H2. The number of rotatable bonds is 2. The van der Waals surface area contributed by atoms with Gasteiger partial charge in [-0.15, -0.1) is 0 Å². The Morgan fingerprint density at radius 1 is 0.870 bits per heavy atom. The van der Waals surface area contributed by atoms with Gasteiger partial charge in [0.15, 0.2) is 5.79 Å². The van der Waals surface area contributed by atoms with Crippen molar-refractivity contribution in [2.75, 3.05) is 26.3 Å². The maximum absolute atomic E-state index is 13.4. The number of likely N-dealkylation sites (tertiary alicyclic amines) is 1. The van der Waals surface area contributed by atoms with Gasteiger partial charge in [-0.3, -0.25) is 4.79 Å². The summed E-state index contributed by atoms with van der Waals surface area (Å²) in [6.07, 6.45) is 11.1. The van der Waals surface area contributed by atoms with E-state index in [4.69, 9.17) is 9.47 Å². The zero-order valence-corrected chi connectivity index (χ0v) is 13.7. The minimum atomic E-state index is -0.413. The predicted molar refractivity (Wildman–Crippen MR) is 85.9 cm³/mol. The highest BCUT2D eigenvalue weighted by Gasteiger charge is 2.47. The Hall–Kier alpha value is -1.33. The molecular formula is C18H26N2O3. The van der Waals surface area contributed by atoms with Crippen LogP contribution in [0.15, 0.2) is 24.5 Å². The van der Waals surface area contributed by atoms with E-state index >= 15 is 0 Å². The highest BCUT2D eigenvalue weighted by molar-refractivity contribution is 5.85. The van der Waals surface area contributed by atoms with Crippen LogP contribution in [0.3, 0.4) is 0 Å². The van der Waals surface area contributed by atoms with Gasteiger partial charge >= 0.3 is 0 Å². The smallest absolute Gasteiger partial charge is 0.248 e. The van der Waals surface area contributed by atoms with E-state index in [-0.39, 0.29) is 5.54 Å². The topological polar surface area (TPSA) is 43.7 Å². The first-order valence-corrected chi connectivity index (χ1v) is 8.95. The van der Waals surface area contributed by atoms with E-state index in [0.717, 1.165) is 51.6 Å². The largest absolute Gasteiger partial charge is 0.347 e. The second kappa shape index (κ2) is 5.95. The van der Waals surface area contributed by atoms with Crippen molar-refractivity contribution in [2.45, 2.75) is 56.3 Å². The minimum absolute atomic E-state index is 0.293. The number of aromatic nitrogens is 1. The van der Waals surface area contributed by atoms with Crippen LogP contribution in [0.5, 0.6) is 0 Å². The first-order chi connectivity index (χ1) is 11.2. The lowest BCUT2D eigenvalue weighted by Gasteiger charge is -2.44. The van der Waals surface area contributed by atoms with Crippen LogP contribution in [-0.4, -0.2) is 47.5 Å². The number of ether oxygens (including phenoxy) is 2. The molecule has 0 atom stereocenters. The molecule has 126 valence electrons. The van der Waals surface area contributed by atoms with Crippen molar-refractivity contribution < 1.29 is 14.3 Å². The zero-order chi connectivity index (χ0) is 15.8. The Morgan fingerprint density at radius 2 is 1.48 bits per heavy atom. The zero-order valence-electron chi connectivity index (χ0n) is 13.7. The van der Waals surface area contributed by atoms with Crippen molar-refractivity contribution in [1.29, 1.82) is 0 Å². The molecule has 23 heavy (non-hydrogen) atoms. The Labute approximate surface area is 137 Å². The molecule has 1 aromatic heterocycles. The fourth-order valence-electron chi connectivity index (χ4n) is 4.47. The van der Waals surface area contributed by atoms with Crippen molar-refractivity contribution in [1.82, 2.24) is 9.47 Å². The number of amides is 1. The normalized spacial score (nSPS) is 26.5. The summed E-state index contributed by atoms with van der Waals surface area (Å²) in [7, 11) is 0. The molecular weight excluding hydrogens is 292 g/mol. The number of nitrogens with zero attached hydrogens (tertiary/aromatic N) is 2. The summed E-state index contributed by atoms with van der Waals surface area (Å²) >= 11 is 0. The quantitative estimate of drug-likeness (QED) is 0.841. The molecule has 3 aliphatic rings. The molecule has 1 aliphatic carbocycles. The lowest BCUT2D eigenvalue weighted by atomic mass is 9.79. The second-order valence-corrected chi connectivity index (χ2v) is 7.08. The molecule has 2 saturated heterocycles. The third-order valence-electron chi connectivity index (χ3n) is 5.80. The van der Waals surface area contributed by atoms with Crippen LogP contribution in [0.25, 0.3) is 0 Å². The molecule has 1 aromatic rings. The van der Waals surface area contributed by atoms with Gasteiger partial charge in [0.1, 0.15) is 5.54 Å². The van der Waals surface area contributed by atoms with Gasteiger partial charge in [-0.25, -0.2) is 0 Å². The number of hydrogen-bond donors (Lipinski definition) is 0. The number of carbonyl (C=O) groups excluding carboxylic acids is 1. The van der Waals surface area contributed by atoms with Gasteiger partial charge in [0.2, 0.25) is 5.91 Å². The van der Waals surface area contributed by atoms with Gasteiger partial charge in [0, 0.05) is 38.3 Å². The van der Waals surface area contributed by atoms with Gasteiger partial charge in [-0.2, -0.15) is 0 Å². The molecule has 1 spiro atoms. The second-order valence-electron chi connectivity index (χ2n) is 7.08. The number of piperidine rings is 1. The predicted octanol–water partition coefficient (Wildman–Crippen LogP) is 2.51. The molecule has 2 aliphatic heterocycles. The fourth-order valence-corrected chi connectivity index (χ4v) is 4.47. The maximum Gasteiger partial charge on any atom is 0.248 e. The van der Waals surface area contributed by atoms with Crippen LogP contribution in [0.1, 0.15) is 44.9 Å². The summed E-state index contributed by atoms with van der Waals surface area (Å²) in [6.45, 7) is 2.84. The van der Waals surface area contributed by atoms with E-state index in [1.807, 2.05) is 17.0 Å². The molecule has 0 bridgehead atoms. The van der Waals surface area contributed by atoms with Gasteiger partial charge < -0.3 is 18.9 Å². The Balaban J connectivity index is 1.52. The van der Waals surface area contributed by atoms with Crippen LogP contribution >= 0.6 is 0 Å². The molecule has 1 saturated carbocycles. The molecule has 5 heteroatoms. The van der Waals surface area contributed by atoms with E-state index in [2.05, 4.69) is 17.0 Å². The van der Waals surface area contributed by atoms with E-state index in [0.29, 0.717) is 19.1 Å². The summed E-state index contributed by atoms with van der Waals surface area (Å²) < 4.78 is 13.7. The molecule has 1 amide bonds. The fraction of sp³-hybridized carbons (Fsp3) is 0.722. The highest BCUT2D eigenvalue weighted by Crippen LogP contribution is 2.39. The summed E-state index contributed by atoms with van der Waals surface area (Å²) in [5.41, 5.74) is -0.371. The van der Waals surface area contributed by atoms with E-state index in [9.17, 15) is 4.79 Å². The first-order valence-electron chi connectivity index (χ1n) is 8.95. The molecule has 4 rings (SSSR count). The minimum Gasteiger partial charge on any atom is -0.347 e. The highest BCUT2D eigenvalue weighted by atomic mass is 16.7. The van der Waals surface area contributed by atoms with Crippen molar-refractivity contribution >= 4 is 5.91 Å². The molecule has 3 fully saturated rings. The van der Waals surface area contributed by atoms with Crippen LogP contribution in [0.4, 0.5) is 0 Å². The number of hydrogen-bond acceptors (Lipinski definition) is 3. The van der Waals surface area contributed by atoms with Gasteiger partial charge in [0.25, 0.3) is 0 Å². The Kier molecular flexibility index (Phi) is 3.93. The molecule has 0 radical (unpaired) electrons. The average Bonchev–Trinajstić information content (AvgIpc) is 3.28. The monoisotopic (exact) mass is 318 g/mol. The van der Waals surface area contributed by atoms with Crippen LogP contribution in [-0.2, 0) is 19.8 Å². The lowest BCUT2D eigenvalue weighted by Crippen LogP contribution is -2.55. The molecule has 0 unspecified atom stereocenters. The first kappa shape index (κ1) is 15.2. The van der Waals surface area contributed by atoms with E-state index in [1.54, 1.807) is 0 Å². The van der Waals surface area contributed by atoms with Gasteiger partial charge in [-0.05, 0) is 25.0 Å². The maximum atomic E-state index is 13.4. The Morgan fingerprint density at radius 3 is 2.09 bits per heavy atom. The van der Waals surface area contributed by atoms with E-state index in [1.165, 1.54) is 6.42 Å². The molecule has 0 N–H and O–H groups in total. The summed E-state index contributed by atoms with van der Waals surface area (Å²) in [6, 6.07) is 4.05. The lowest BCUT2D eigenvalue weighted by molar-refractivity contribution is -0.190. The summed E-state index contributed by atoms with van der Waals surface area (Å²) in [5, 5.41) is 0. The molecule has 5 nitrogen and oxygen atoms in total. The van der Waals surface area contributed by atoms with Crippen LogP contribution < -0.4 is 0 Å². The third kappa shape index (κ3) is 2.60. The van der Waals surface area contributed by atoms with Gasteiger partial charge in [0.05, 0.1) is 13.2 Å². The summed E-state index contributed by atoms with van der Waals surface area (Å²) in [4.78, 5) is 15.4. The van der Waals surface area contributed by atoms with Crippen molar-refractivity contribution in [3.05, 3.63) is 24.5 Å². The number of carbonyl (C=O) groups is 1. The third-order valence-corrected chi connectivity index (χ3v) is 5.80.